The van der Waals surface area contributed by atoms with Crippen LogP contribution in [0.15, 0.2) is 55.5 Å². The van der Waals surface area contributed by atoms with Crippen LogP contribution in [0.5, 0.6) is 0 Å². The van der Waals surface area contributed by atoms with Crippen molar-refractivity contribution in [3.8, 4) is 0 Å². The summed E-state index contributed by atoms with van der Waals surface area (Å²) in [6.45, 7) is 13.3. The fourth-order valence-electron chi connectivity index (χ4n) is 16.8. The van der Waals surface area contributed by atoms with Crippen molar-refractivity contribution in [1.82, 2.24) is 119 Å². The van der Waals surface area contributed by atoms with Gasteiger partial charge in [0.05, 0.1) is 89.6 Å². The number of aromatic amines is 3. The van der Waals surface area contributed by atoms with Gasteiger partial charge in [-0.05, 0) is 115 Å². The molecule has 768 valence electrons. The number of aliphatic carboxylic acids is 1. The number of urea groups is 1. The maximum Gasteiger partial charge on any atom is 0.315 e. The summed E-state index contributed by atoms with van der Waals surface area (Å²) in [7, 11) is 1.66. The first-order chi connectivity index (χ1) is 66.6. The van der Waals surface area contributed by atoms with E-state index in [1.165, 1.54) is 60.5 Å². The second-order valence-corrected chi connectivity index (χ2v) is 36.9. The Morgan fingerprint density at radius 1 is 0.511 bits per heavy atom. The number of carboxylic acid groups (broad SMARTS) is 1. The summed E-state index contributed by atoms with van der Waals surface area (Å²) in [5.41, 5.74) is 2.41. The molecule has 8 heterocycles. The number of amides is 17. The van der Waals surface area contributed by atoms with Crippen molar-refractivity contribution >= 4 is 129 Å². The molecule has 20 N–H and O–H groups in total. The number of fused-ring (bicyclic) bond motifs is 2. The number of carbonyl (C=O) groups is 18. The highest BCUT2D eigenvalue weighted by atomic mass is 32.2. The summed E-state index contributed by atoms with van der Waals surface area (Å²) in [5, 5.41) is 61.4. The summed E-state index contributed by atoms with van der Waals surface area (Å²) >= 11 is 1.87. The zero-order valence-electron chi connectivity index (χ0n) is 80.2. The quantitative estimate of drug-likeness (QED) is 0.0151. The standard InChI is InChI=1S/C52H70N14O12.C39H69N9O12S/c1-28(2)18-41(52(78)65-16-8-12-42(65)30(4)67)64-47(73)38(19-32-22-55-36-11-7-6-10-35(32)36)62-46(72)29(3)59-44(69)25-56-50(76)43-13-9-17-66(43)51(77)37(14-15-45(70)71)61-49(75)40(21-34-24-54-27-58-34)63-48(74)39(60-31(5)68)20-33-23-53-26-57-33;1-26(2)21-27(40-3)36(53)45-28(22-49)38(55)48-14-6-7-30(48)37(54)44-11-10-41-33(51)23-59-19-18-58-16-13-43-34(52)24-60-20-17-57-15-12-42-32(50)9-5-4-8-31-35-29(25-61-31)46-39(56)47-35/h6-7,10-11,22-24,26-29,37-43,55H,8-9,12-21,25H2,1-5H3,(H,53,57)(H,54,58)(H,56,76)(H,59,69)(H,60,68)(H,61,75)(H,62,72)(H,63,74)(H,64,73)(H,70,71);26-31,35,40,49H,4-25H2,1-3H3,(H,41,51)(H,42,50)(H,43,52)(H,44,54)(H,45,53)(H2,46,47,56)/t29-,37-,38-,39-,40-,41-,42-,43-;27-,28-,29-,30-,31-,35-/m00/s1. The summed E-state index contributed by atoms with van der Waals surface area (Å²) in [6.07, 6.45) is 12.8. The molecule has 4 aromatic rings. The van der Waals surface area contributed by atoms with E-state index in [9.17, 15) is 96.5 Å². The molecular weight excluding hydrogens is 1830 g/mol. The molecule has 17 amide bonds. The lowest BCUT2D eigenvalue weighted by Crippen LogP contribution is -2.59. The number of hydrogen-bond donors (Lipinski definition) is 20. The smallest absolute Gasteiger partial charge is 0.315 e. The highest BCUT2D eigenvalue weighted by Gasteiger charge is 2.45. The van der Waals surface area contributed by atoms with Crippen LogP contribution in [0.4, 0.5) is 4.79 Å². The number of likely N-dealkylation sites (N-methyl/N-ethyl adjacent to an activating group) is 1. The van der Waals surface area contributed by atoms with Crippen LogP contribution in [0.2, 0.25) is 0 Å². The molecule has 0 radical (unpaired) electrons. The monoisotopic (exact) mass is 1970 g/mol. The van der Waals surface area contributed by atoms with Gasteiger partial charge in [0, 0.05) is 137 Å². The van der Waals surface area contributed by atoms with E-state index in [0.717, 1.165) is 35.9 Å². The number of carboxylic acids is 1. The second kappa shape index (κ2) is 58.6. The number of H-pyrrole nitrogens is 3. The summed E-state index contributed by atoms with van der Waals surface area (Å²) in [6, 6.07) is -4.00. The van der Waals surface area contributed by atoms with E-state index in [1.807, 2.05) is 63.7 Å². The van der Waals surface area contributed by atoms with Crippen LogP contribution in [0.3, 0.4) is 0 Å². The third-order valence-corrected chi connectivity index (χ3v) is 25.3. The van der Waals surface area contributed by atoms with E-state index in [0.29, 0.717) is 93.4 Å². The Bertz CT molecular complexity index is 4740. The van der Waals surface area contributed by atoms with Gasteiger partial charge in [0.15, 0.2) is 5.78 Å². The number of Topliss-reactive ketones (excluding diaryl/α,β-unsaturated/α-hetero) is 1. The predicted octanol–water partition coefficient (Wildman–Crippen LogP) is -3.47. The Kier molecular flexibility index (Phi) is 47.2. The Balaban J connectivity index is 0.000000352. The van der Waals surface area contributed by atoms with Gasteiger partial charge in [0.25, 0.3) is 0 Å². The molecule has 0 saturated carbocycles. The summed E-state index contributed by atoms with van der Waals surface area (Å²) < 4.78 is 21.5. The average molecular weight is 1970 g/mol. The number of nitrogens with one attached hydrogen (secondary N) is 18. The molecule has 5 aliphatic rings. The van der Waals surface area contributed by atoms with Crippen molar-refractivity contribution in [1.29, 1.82) is 0 Å². The van der Waals surface area contributed by atoms with Crippen molar-refractivity contribution in [2.24, 2.45) is 11.8 Å². The average Bonchev–Trinajstić information content (AvgIpc) is 1.70. The number of likely N-dealkylation sites (tertiary alicyclic amines) is 3. The SMILES string of the molecule is CC(=O)N[C@@H](Cc1cnc[nH]1)C(=O)N[C@@H](Cc1cnc[nH]1)C(=O)N[C@@H](CCC(=O)O)C(=O)N1CCC[C@H]1C(=O)NCC(=O)N[C@@H](C)C(=O)N[C@@H](Cc1c[nH]c2ccccc12)C(=O)N[C@@H](CC(C)C)C(=O)N1CCC[C@H]1C(C)=O.CN[C@@H](CC(C)C)C(=O)N[C@@H](CO)C(=O)N1CCC[C@H]1C(=O)NCCNC(=O)COCCOCCNC(=O)COCCOCCNC(=O)CCCC[C@@H]1SC[C@@H]2NC(=O)N[C@@H]21. The minimum atomic E-state index is -1.49. The van der Waals surface area contributed by atoms with E-state index >= 15 is 0 Å². The minimum Gasteiger partial charge on any atom is -0.481 e. The zero-order valence-corrected chi connectivity index (χ0v) is 81.0. The highest BCUT2D eigenvalue weighted by Crippen LogP contribution is 2.34. The van der Waals surface area contributed by atoms with Crippen molar-refractivity contribution in [3.63, 3.8) is 0 Å². The van der Waals surface area contributed by atoms with E-state index in [2.05, 4.69) is 105 Å². The largest absolute Gasteiger partial charge is 0.481 e. The van der Waals surface area contributed by atoms with Crippen molar-refractivity contribution in [3.05, 3.63) is 72.5 Å². The Hall–Kier alpha value is -12.2. The van der Waals surface area contributed by atoms with Gasteiger partial charge in [0.1, 0.15) is 67.6 Å². The number of nitrogens with zero attached hydrogens (tertiary/aromatic N) is 5. The van der Waals surface area contributed by atoms with Crippen LogP contribution in [0, 0.1) is 11.8 Å². The van der Waals surface area contributed by atoms with Gasteiger partial charge in [0.2, 0.25) is 88.6 Å². The fraction of sp³-hybridized carbons (Fsp3) is 0.648. The lowest BCUT2D eigenvalue weighted by molar-refractivity contribution is -0.143. The molecule has 47 nitrogen and oxygen atoms in total. The number of carbonyl (C=O) groups excluding carboxylic acids is 17. The molecule has 48 heteroatoms. The third kappa shape index (κ3) is 37.5. The number of ether oxygens (including phenoxy) is 4. The number of hydrogen-bond acceptors (Lipinski definition) is 27. The number of ketones is 1. The van der Waals surface area contributed by atoms with Crippen LogP contribution < -0.4 is 79.8 Å². The number of unbranched alkanes of at least 4 members (excludes halogenated alkanes) is 1. The molecule has 0 aliphatic carbocycles. The first-order valence-electron chi connectivity index (χ1n) is 47.5. The van der Waals surface area contributed by atoms with Crippen molar-refractivity contribution < 1.29 is 115 Å². The molecule has 5 aliphatic heterocycles. The predicted molar refractivity (Wildman–Crippen MR) is 504 cm³/mol. The van der Waals surface area contributed by atoms with Gasteiger partial charge in [-0.2, -0.15) is 11.8 Å². The molecule has 5 fully saturated rings. The van der Waals surface area contributed by atoms with Crippen LogP contribution in [0.25, 0.3) is 10.9 Å². The van der Waals surface area contributed by atoms with Crippen LogP contribution in [-0.2, 0) is 120 Å². The minimum absolute atomic E-state index is 0.00584. The highest BCUT2D eigenvalue weighted by molar-refractivity contribution is 8.00. The summed E-state index contributed by atoms with van der Waals surface area (Å²) in [5.74, 6) is -8.60. The third-order valence-electron chi connectivity index (χ3n) is 23.8. The number of aliphatic hydroxyl groups excluding tert-OH is 1. The topological polar surface area (TPSA) is 648 Å². The van der Waals surface area contributed by atoms with Gasteiger partial charge in [-0.1, -0.05) is 52.3 Å². The number of para-hydroxylation sites is 1. The molecule has 5 saturated heterocycles. The number of rotatable bonds is 59. The normalized spacial score (nSPS) is 18.7. The van der Waals surface area contributed by atoms with Crippen molar-refractivity contribution in [2.45, 2.75) is 241 Å². The van der Waals surface area contributed by atoms with E-state index in [4.69, 9.17) is 18.9 Å². The molecule has 9 rings (SSSR count). The molecule has 139 heavy (non-hydrogen) atoms. The number of aliphatic hydroxyl groups is 1. The Labute approximate surface area is 810 Å². The van der Waals surface area contributed by atoms with E-state index in [-0.39, 0.29) is 164 Å². The molecule has 0 spiro atoms. The van der Waals surface area contributed by atoms with Gasteiger partial charge in [-0.25, -0.2) is 14.8 Å². The van der Waals surface area contributed by atoms with Gasteiger partial charge in [-0.15, -0.1) is 0 Å². The number of thioether (sulfide) groups is 1. The van der Waals surface area contributed by atoms with Gasteiger partial charge >= 0.3 is 12.0 Å². The number of aromatic nitrogens is 5. The first kappa shape index (κ1) is 112. The molecule has 0 bridgehead atoms. The van der Waals surface area contributed by atoms with E-state index < -0.39 is 163 Å². The lowest BCUT2D eigenvalue weighted by Gasteiger charge is -2.30. The molecule has 0 unspecified atom stereocenters. The van der Waals surface area contributed by atoms with Crippen LogP contribution in [0.1, 0.15) is 155 Å². The number of imidazole rings is 2. The Morgan fingerprint density at radius 3 is 1.58 bits per heavy atom. The second-order valence-electron chi connectivity index (χ2n) is 35.6. The first-order valence-corrected chi connectivity index (χ1v) is 48.5. The maximum absolute atomic E-state index is 14.3. The maximum atomic E-state index is 14.3. The van der Waals surface area contributed by atoms with Crippen LogP contribution >= 0.6 is 11.8 Å². The fourth-order valence-corrected chi connectivity index (χ4v) is 18.4. The van der Waals surface area contributed by atoms with Gasteiger partial charge in [-0.3, -0.25) is 81.5 Å². The number of benzene rings is 1. The molecule has 3 aromatic heterocycles. The zero-order chi connectivity index (χ0) is 101. The summed E-state index contributed by atoms with van der Waals surface area (Å²) in [4.78, 5) is 255. The molecule has 1 aromatic carbocycles. The lowest BCUT2D eigenvalue weighted by atomic mass is 9.99. The Morgan fingerprint density at radius 2 is 1.01 bits per heavy atom. The molecule has 14 atom stereocenters. The van der Waals surface area contributed by atoms with Crippen molar-refractivity contribution in [2.75, 3.05) is 125 Å². The van der Waals surface area contributed by atoms with Crippen LogP contribution in [-0.4, -0.2) is 365 Å². The van der Waals surface area contributed by atoms with E-state index in [1.54, 1.807) is 13.2 Å². The van der Waals surface area contributed by atoms with Gasteiger partial charge < -0.3 is 139 Å². The molecular formula is C91H139N23O24S.